The van der Waals surface area contributed by atoms with Gasteiger partial charge in [-0.3, -0.25) is 4.79 Å². The highest BCUT2D eigenvalue weighted by Gasteiger charge is 2.04. The maximum atomic E-state index is 12.9. The van der Waals surface area contributed by atoms with Crippen molar-refractivity contribution in [1.82, 2.24) is 5.32 Å². The second-order valence-corrected chi connectivity index (χ2v) is 4.90. The first kappa shape index (κ1) is 13.5. The van der Waals surface area contributed by atoms with Crippen molar-refractivity contribution in [1.29, 1.82) is 0 Å². The molecule has 0 atom stereocenters. The van der Waals surface area contributed by atoms with Crippen LogP contribution in [0, 0.1) is 11.6 Å². The zero-order chi connectivity index (χ0) is 13.7. The zero-order valence-corrected chi connectivity index (χ0v) is 10.8. The van der Waals surface area contributed by atoms with Gasteiger partial charge in [0.25, 0.3) is 0 Å². The van der Waals surface area contributed by atoms with E-state index in [4.69, 9.17) is 0 Å². The molecular weight excluding hydrogens is 270 g/mol. The zero-order valence-electron chi connectivity index (χ0n) is 9.95. The predicted octanol–water partition coefficient (Wildman–Crippen LogP) is 2.75. The average molecular weight is 282 g/mol. The molecule has 0 radical (unpaired) electrons. The minimum Gasteiger partial charge on any atom is -0.376 e. The van der Waals surface area contributed by atoms with Crippen molar-refractivity contribution in [3.63, 3.8) is 0 Å². The summed E-state index contributed by atoms with van der Waals surface area (Å²) in [4.78, 5) is 12.6. The molecule has 6 heteroatoms. The van der Waals surface area contributed by atoms with Crippen molar-refractivity contribution in [2.45, 2.75) is 6.54 Å². The van der Waals surface area contributed by atoms with E-state index in [9.17, 15) is 13.6 Å². The van der Waals surface area contributed by atoms with Gasteiger partial charge in [0.1, 0.15) is 11.6 Å². The second-order valence-electron chi connectivity index (χ2n) is 3.87. The number of amides is 1. The van der Waals surface area contributed by atoms with E-state index in [0.29, 0.717) is 6.54 Å². The van der Waals surface area contributed by atoms with Crippen LogP contribution >= 0.6 is 11.3 Å². The quantitative estimate of drug-likeness (QED) is 0.885. The van der Waals surface area contributed by atoms with Gasteiger partial charge in [-0.25, -0.2) is 8.78 Å². The molecule has 0 saturated carbocycles. The summed E-state index contributed by atoms with van der Waals surface area (Å²) in [6.07, 6.45) is 0. The molecule has 19 heavy (non-hydrogen) atoms. The molecule has 2 rings (SSSR count). The Morgan fingerprint density at radius 2 is 1.95 bits per heavy atom. The molecule has 1 heterocycles. The molecule has 2 aromatic rings. The summed E-state index contributed by atoms with van der Waals surface area (Å²) in [5.74, 6) is -1.60. The average Bonchev–Trinajstić information content (AvgIpc) is 2.86. The predicted molar refractivity (Wildman–Crippen MR) is 71.0 cm³/mol. The summed E-state index contributed by atoms with van der Waals surface area (Å²) < 4.78 is 25.8. The van der Waals surface area contributed by atoms with Gasteiger partial charge in [0.15, 0.2) is 0 Å². The molecule has 0 unspecified atom stereocenters. The highest BCUT2D eigenvalue weighted by molar-refractivity contribution is 7.09. The van der Waals surface area contributed by atoms with Crippen LogP contribution in [0.3, 0.4) is 0 Å². The Hall–Kier alpha value is -1.95. The molecule has 1 aromatic heterocycles. The lowest BCUT2D eigenvalue weighted by atomic mass is 10.3. The van der Waals surface area contributed by atoms with E-state index >= 15 is 0 Å². The number of hydrogen-bond donors (Lipinski definition) is 2. The number of halogens is 2. The van der Waals surface area contributed by atoms with Crippen molar-refractivity contribution in [2.75, 3.05) is 11.9 Å². The molecule has 1 amide bonds. The van der Waals surface area contributed by atoms with Crippen LogP contribution in [0.15, 0.2) is 35.7 Å². The van der Waals surface area contributed by atoms with E-state index < -0.39 is 11.6 Å². The number of benzene rings is 1. The Bertz CT molecular complexity index is 538. The lowest BCUT2D eigenvalue weighted by Crippen LogP contribution is -2.29. The number of nitrogens with one attached hydrogen (secondary N) is 2. The van der Waals surface area contributed by atoms with Gasteiger partial charge in [0.05, 0.1) is 13.1 Å². The highest BCUT2D eigenvalue weighted by atomic mass is 32.1. The number of carbonyl (C=O) groups is 1. The minimum atomic E-state index is -0.679. The summed E-state index contributed by atoms with van der Waals surface area (Å²) in [5.41, 5.74) is 0.240. The lowest BCUT2D eigenvalue weighted by molar-refractivity contribution is -0.119. The SMILES string of the molecule is O=C(CNc1cc(F)cc(F)c1)NCc1cccs1. The van der Waals surface area contributed by atoms with Gasteiger partial charge in [-0.05, 0) is 23.6 Å². The van der Waals surface area contributed by atoms with Crippen molar-refractivity contribution < 1.29 is 13.6 Å². The smallest absolute Gasteiger partial charge is 0.239 e. The molecule has 0 bridgehead atoms. The molecule has 0 aliphatic carbocycles. The lowest BCUT2D eigenvalue weighted by Gasteiger charge is -2.07. The fourth-order valence-electron chi connectivity index (χ4n) is 1.50. The first-order chi connectivity index (χ1) is 9.13. The van der Waals surface area contributed by atoms with Gasteiger partial charge in [0.2, 0.25) is 5.91 Å². The van der Waals surface area contributed by atoms with E-state index in [2.05, 4.69) is 10.6 Å². The third-order valence-corrected chi connectivity index (χ3v) is 3.23. The summed E-state index contributed by atoms with van der Waals surface area (Å²) >= 11 is 1.55. The Labute approximate surface area is 113 Å². The fraction of sp³-hybridized carbons (Fsp3) is 0.154. The number of hydrogen-bond acceptors (Lipinski definition) is 3. The molecule has 100 valence electrons. The van der Waals surface area contributed by atoms with Crippen LogP contribution in [0.2, 0.25) is 0 Å². The van der Waals surface area contributed by atoms with Gasteiger partial charge < -0.3 is 10.6 Å². The number of rotatable bonds is 5. The summed E-state index contributed by atoms with van der Waals surface area (Å²) in [5, 5.41) is 7.30. The van der Waals surface area contributed by atoms with Crippen LogP contribution < -0.4 is 10.6 Å². The maximum absolute atomic E-state index is 12.9. The molecule has 0 aliphatic rings. The van der Waals surface area contributed by atoms with Gasteiger partial charge >= 0.3 is 0 Å². The standard InChI is InChI=1S/C13H12F2N2OS/c14-9-4-10(15)6-11(5-9)16-8-13(18)17-7-12-2-1-3-19-12/h1-6,16H,7-8H2,(H,17,18). The summed E-state index contributed by atoms with van der Waals surface area (Å²) in [6.45, 7) is 0.421. The van der Waals surface area contributed by atoms with Crippen molar-refractivity contribution in [2.24, 2.45) is 0 Å². The molecule has 0 spiro atoms. The number of thiophene rings is 1. The van der Waals surface area contributed by atoms with Crippen molar-refractivity contribution in [3.05, 3.63) is 52.2 Å². The summed E-state index contributed by atoms with van der Waals surface area (Å²) in [7, 11) is 0. The minimum absolute atomic E-state index is 0.0335. The molecule has 1 aromatic carbocycles. The van der Waals surface area contributed by atoms with Crippen LogP contribution in [-0.4, -0.2) is 12.5 Å². The first-order valence-corrected chi connectivity index (χ1v) is 6.50. The van der Waals surface area contributed by atoms with Crippen LogP contribution in [-0.2, 0) is 11.3 Å². The van der Waals surface area contributed by atoms with Crippen molar-refractivity contribution >= 4 is 22.9 Å². The van der Waals surface area contributed by atoms with E-state index in [1.54, 1.807) is 11.3 Å². The third-order valence-electron chi connectivity index (χ3n) is 2.36. The Kier molecular flexibility index (Phi) is 4.46. The first-order valence-electron chi connectivity index (χ1n) is 5.62. The van der Waals surface area contributed by atoms with Gasteiger partial charge in [-0.15, -0.1) is 11.3 Å². The third kappa shape index (κ3) is 4.33. The largest absolute Gasteiger partial charge is 0.376 e. The summed E-state index contributed by atoms with van der Waals surface area (Å²) in [6, 6.07) is 6.87. The van der Waals surface area contributed by atoms with Crippen LogP contribution in [0.25, 0.3) is 0 Å². The van der Waals surface area contributed by atoms with Gasteiger partial charge in [-0.1, -0.05) is 6.07 Å². The molecule has 2 N–H and O–H groups in total. The van der Waals surface area contributed by atoms with Crippen LogP contribution in [0.1, 0.15) is 4.88 Å². The Balaban J connectivity index is 1.79. The van der Waals surface area contributed by atoms with Gasteiger partial charge in [-0.2, -0.15) is 0 Å². The van der Waals surface area contributed by atoms with Crippen LogP contribution in [0.5, 0.6) is 0 Å². The fourth-order valence-corrected chi connectivity index (χ4v) is 2.14. The van der Waals surface area contributed by atoms with E-state index in [1.165, 1.54) is 0 Å². The Morgan fingerprint density at radius 1 is 1.21 bits per heavy atom. The van der Waals surface area contributed by atoms with E-state index in [0.717, 1.165) is 23.1 Å². The van der Waals surface area contributed by atoms with E-state index in [-0.39, 0.29) is 18.1 Å². The molecular formula is C13H12F2N2OS. The Morgan fingerprint density at radius 3 is 2.58 bits per heavy atom. The van der Waals surface area contributed by atoms with Gasteiger partial charge in [0, 0.05) is 16.6 Å². The molecule has 0 saturated heterocycles. The molecule has 0 fully saturated rings. The van der Waals surface area contributed by atoms with E-state index in [1.807, 2.05) is 17.5 Å². The molecule has 0 aliphatic heterocycles. The number of anilines is 1. The normalized spacial score (nSPS) is 10.2. The topological polar surface area (TPSA) is 41.1 Å². The monoisotopic (exact) mass is 282 g/mol. The highest BCUT2D eigenvalue weighted by Crippen LogP contribution is 2.12. The second kappa shape index (κ2) is 6.29. The van der Waals surface area contributed by atoms with Crippen LogP contribution in [0.4, 0.5) is 14.5 Å². The number of carbonyl (C=O) groups excluding carboxylic acids is 1. The maximum Gasteiger partial charge on any atom is 0.239 e. The molecule has 3 nitrogen and oxygen atoms in total. The van der Waals surface area contributed by atoms with Crippen molar-refractivity contribution in [3.8, 4) is 0 Å².